The molecule has 0 bridgehead atoms. The minimum absolute atomic E-state index is 0.616. The number of nitrogens with two attached hydrogens (primary N) is 1. The van der Waals surface area contributed by atoms with Crippen molar-refractivity contribution in [3.05, 3.63) is 11.4 Å². The second-order valence-corrected chi connectivity index (χ2v) is 6.42. The van der Waals surface area contributed by atoms with E-state index in [1.165, 1.54) is 32.1 Å². The molecule has 0 atom stereocenters. The lowest BCUT2D eigenvalue weighted by Gasteiger charge is -2.28. The van der Waals surface area contributed by atoms with Crippen LogP contribution in [0.5, 0.6) is 0 Å². The van der Waals surface area contributed by atoms with Gasteiger partial charge >= 0.3 is 0 Å². The summed E-state index contributed by atoms with van der Waals surface area (Å²) in [7, 11) is 0. The van der Waals surface area contributed by atoms with E-state index in [1.807, 2.05) is 6.92 Å². The Labute approximate surface area is 128 Å². The summed E-state index contributed by atoms with van der Waals surface area (Å²) >= 11 is 0. The number of hydrogen-bond acceptors (Lipinski definition) is 4. The van der Waals surface area contributed by atoms with Gasteiger partial charge in [-0.25, -0.2) is 9.97 Å². The quantitative estimate of drug-likeness (QED) is 0.832. The summed E-state index contributed by atoms with van der Waals surface area (Å²) < 4.78 is 0. The van der Waals surface area contributed by atoms with Gasteiger partial charge in [0.25, 0.3) is 0 Å². The van der Waals surface area contributed by atoms with Crippen molar-refractivity contribution in [2.75, 3.05) is 17.6 Å². The Morgan fingerprint density at radius 1 is 1.10 bits per heavy atom. The van der Waals surface area contributed by atoms with Crippen LogP contribution in [0.15, 0.2) is 0 Å². The van der Waals surface area contributed by atoms with Crippen LogP contribution in [-0.4, -0.2) is 16.5 Å². The Hall–Kier alpha value is -1.32. The zero-order valence-electron chi connectivity index (χ0n) is 13.8. The van der Waals surface area contributed by atoms with Crippen molar-refractivity contribution in [3.63, 3.8) is 0 Å². The number of anilines is 2. The lowest BCUT2D eigenvalue weighted by molar-refractivity contribution is 0.278. The molecule has 2 rings (SSSR count). The summed E-state index contributed by atoms with van der Waals surface area (Å²) in [5, 5.41) is 3.52. The first-order valence-electron chi connectivity index (χ1n) is 8.50. The van der Waals surface area contributed by atoms with Crippen LogP contribution < -0.4 is 11.1 Å². The third-order valence-electron chi connectivity index (χ3n) is 4.81. The van der Waals surface area contributed by atoms with E-state index >= 15 is 0 Å². The predicted molar refractivity (Wildman–Crippen MR) is 89.4 cm³/mol. The molecule has 0 saturated heterocycles. The summed E-state index contributed by atoms with van der Waals surface area (Å²) in [6.07, 6.45) is 8.72. The maximum absolute atomic E-state index is 6.01. The van der Waals surface area contributed by atoms with Gasteiger partial charge in [-0.2, -0.15) is 0 Å². The minimum Gasteiger partial charge on any atom is -0.383 e. The largest absolute Gasteiger partial charge is 0.383 e. The Morgan fingerprint density at radius 3 is 2.38 bits per heavy atom. The molecule has 1 saturated carbocycles. The number of nitrogen functional groups attached to an aromatic ring is 1. The van der Waals surface area contributed by atoms with Crippen molar-refractivity contribution >= 4 is 11.6 Å². The molecule has 1 aromatic heterocycles. The van der Waals surface area contributed by atoms with Crippen LogP contribution in [0.2, 0.25) is 0 Å². The highest BCUT2D eigenvalue weighted by Gasteiger charge is 2.20. The molecule has 1 fully saturated rings. The van der Waals surface area contributed by atoms with E-state index in [1.54, 1.807) is 0 Å². The normalized spacial score (nSPS) is 22.2. The van der Waals surface area contributed by atoms with Gasteiger partial charge in [-0.1, -0.05) is 33.1 Å². The van der Waals surface area contributed by atoms with Gasteiger partial charge in [0.05, 0.1) is 0 Å². The van der Waals surface area contributed by atoms with Crippen molar-refractivity contribution in [2.24, 2.45) is 11.8 Å². The maximum Gasteiger partial charge on any atom is 0.134 e. The zero-order valence-corrected chi connectivity index (χ0v) is 13.8. The van der Waals surface area contributed by atoms with E-state index in [0.29, 0.717) is 5.82 Å². The van der Waals surface area contributed by atoms with Gasteiger partial charge in [-0.15, -0.1) is 0 Å². The molecule has 0 spiro atoms. The van der Waals surface area contributed by atoms with E-state index in [2.05, 4.69) is 29.1 Å². The lowest BCUT2D eigenvalue weighted by Crippen LogP contribution is -2.22. The number of aromatic nitrogens is 2. The summed E-state index contributed by atoms with van der Waals surface area (Å²) in [5.41, 5.74) is 6.99. The Morgan fingerprint density at radius 2 is 1.76 bits per heavy atom. The van der Waals surface area contributed by atoms with Crippen molar-refractivity contribution in [3.8, 4) is 0 Å². The fourth-order valence-corrected chi connectivity index (χ4v) is 3.17. The lowest BCUT2D eigenvalue weighted by atomic mass is 9.81. The first-order valence-corrected chi connectivity index (χ1v) is 8.50. The van der Waals surface area contributed by atoms with E-state index in [4.69, 9.17) is 5.73 Å². The second-order valence-electron chi connectivity index (χ2n) is 6.42. The number of nitrogens with zero attached hydrogens (tertiary/aromatic N) is 2. The zero-order chi connectivity index (χ0) is 15.2. The van der Waals surface area contributed by atoms with Crippen LogP contribution in [0.1, 0.15) is 63.8 Å². The van der Waals surface area contributed by atoms with Crippen LogP contribution in [0.3, 0.4) is 0 Å². The first kappa shape index (κ1) is 16.1. The summed E-state index contributed by atoms with van der Waals surface area (Å²) in [6, 6.07) is 0. The highest BCUT2D eigenvalue weighted by Crippen LogP contribution is 2.31. The molecule has 0 amide bonds. The summed E-state index contributed by atoms with van der Waals surface area (Å²) in [5.74, 6) is 4.14. The van der Waals surface area contributed by atoms with E-state index in [-0.39, 0.29) is 0 Å². The SMILES string of the molecule is CCCc1nc(N)c(C)c(NCC2CCC(CC)CC2)n1. The van der Waals surface area contributed by atoms with Gasteiger partial charge in [0.15, 0.2) is 0 Å². The number of nitrogens with one attached hydrogen (secondary N) is 1. The van der Waals surface area contributed by atoms with Crippen molar-refractivity contribution in [2.45, 2.75) is 65.7 Å². The average molecular weight is 290 g/mol. The topological polar surface area (TPSA) is 63.8 Å². The first-order chi connectivity index (χ1) is 10.1. The fourth-order valence-electron chi connectivity index (χ4n) is 3.17. The standard InChI is InChI=1S/C17H30N4/c1-4-6-15-20-16(18)12(3)17(21-15)19-11-14-9-7-13(5-2)8-10-14/h13-14H,4-11H2,1-3H3,(H3,18,19,20,21). The predicted octanol–water partition coefficient (Wildman–Crippen LogP) is 3.95. The van der Waals surface area contributed by atoms with Gasteiger partial charge in [0, 0.05) is 18.5 Å². The van der Waals surface area contributed by atoms with Crippen molar-refractivity contribution < 1.29 is 0 Å². The summed E-state index contributed by atoms with van der Waals surface area (Å²) in [6.45, 7) is 7.46. The molecule has 4 heteroatoms. The van der Waals surface area contributed by atoms with E-state index < -0.39 is 0 Å². The second kappa shape index (κ2) is 7.62. The molecule has 21 heavy (non-hydrogen) atoms. The van der Waals surface area contributed by atoms with Crippen LogP contribution in [-0.2, 0) is 6.42 Å². The van der Waals surface area contributed by atoms with Crippen LogP contribution in [0, 0.1) is 18.8 Å². The third-order valence-corrected chi connectivity index (χ3v) is 4.81. The molecular formula is C17H30N4. The number of hydrogen-bond donors (Lipinski definition) is 2. The smallest absolute Gasteiger partial charge is 0.134 e. The molecule has 4 nitrogen and oxygen atoms in total. The molecule has 1 heterocycles. The highest BCUT2D eigenvalue weighted by molar-refractivity contribution is 5.54. The van der Waals surface area contributed by atoms with E-state index in [9.17, 15) is 0 Å². The molecular weight excluding hydrogens is 260 g/mol. The number of rotatable bonds is 6. The Kier molecular flexibility index (Phi) is 5.83. The van der Waals surface area contributed by atoms with Crippen LogP contribution >= 0.6 is 0 Å². The molecule has 1 aromatic rings. The van der Waals surface area contributed by atoms with Crippen LogP contribution in [0.4, 0.5) is 11.6 Å². The monoisotopic (exact) mass is 290 g/mol. The Balaban J connectivity index is 1.93. The van der Waals surface area contributed by atoms with Gasteiger partial charge in [0.2, 0.25) is 0 Å². The number of aryl methyl sites for hydroxylation is 1. The van der Waals surface area contributed by atoms with Crippen LogP contribution in [0.25, 0.3) is 0 Å². The molecule has 0 unspecified atom stereocenters. The molecule has 3 N–H and O–H groups in total. The fraction of sp³-hybridized carbons (Fsp3) is 0.765. The molecule has 0 aromatic carbocycles. The maximum atomic E-state index is 6.01. The van der Waals surface area contributed by atoms with Gasteiger partial charge in [0.1, 0.15) is 17.5 Å². The molecule has 0 aliphatic heterocycles. The molecule has 118 valence electrons. The van der Waals surface area contributed by atoms with Crippen molar-refractivity contribution in [1.29, 1.82) is 0 Å². The van der Waals surface area contributed by atoms with E-state index in [0.717, 1.165) is 48.4 Å². The minimum atomic E-state index is 0.616. The molecule has 1 aliphatic carbocycles. The highest BCUT2D eigenvalue weighted by atomic mass is 15.1. The van der Waals surface area contributed by atoms with Gasteiger partial charge < -0.3 is 11.1 Å². The molecule has 1 aliphatic rings. The van der Waals surface area contributed by atoms with Gasteiger partial charge in [-0.3, -0.25) is 0 Å². The van der Waals surface area contributed by atoms with Gasteiger partial charge in [-0.05, 0) is 38.0 Å². The van der Waals surface area contributed by atoms with Crippen molar-refractivity contribution in [1.82, 2.24) is 9.97 Å². The average Bonchev–Trinajstić information content (AvgIpc) is 2.50. The Bertz CT molecular complexity index is 450. The summed E-state index contributed by atoms with van der Waals surface area (Å²) in [4.78, 5) is 9.00. The third kappa shape index (κ3) is 4.32. The molecule has 0 radical (unpaired) electrons.